The minimum atomic E-state index is -0.0999. The summed E-state index contributed by atoms with van der Waals surface area (Å²) in [4.78, 5) is 23.4. The van der Waals surface area contributed by atoms with Gasteiger partial charge >= 0.3 is 0 Å². The lowest BCUT2D eigenvalue weighted by molar-refractivity contribution is 0.0954. The molecule has 3 aromatic rings. The molecule has 1 aliphatic rings. The molecule has 0 atom stereocenters. The second kappa shape index (κ2) is 10.6. The Labute approximate surface area is 183 Å². The lowest BCUT2D eigenvalue weighted by Gasteiger charge is -2.06. The van der Waals surface area contributed by atoms with E-state index in [0.29, 0.717) is 12.1 Å². The highest BCUT2D eigenvalue weighted by atomic mass is 16.1. The van der Waals surface area contributed by atoms with Crippen molar-refractivity contribution < 1.29 is 4.79 Å². The van der Waals surface area contributed by atoms with Crippen molar-refractivity contribution in [3.63, 3.8) is 0 Å². The van der Waals surface area contributed by atoms with E-state index >= 15 is 0 Å². The number of amides is 1. The quantitative estimate of drug-likeness (QED) is 0.392. The maximum Gasteiger partial charge on any atom is 0.252 e. The molecule has 0 saturated heterocycles. The zero-order valence-corrected chi connectivity index (χ0v) is 18.7. The van der Waals surface area contributed by atoms with Gasteiger partial charge in [-0.3, -0.25) is 4.79 Å². The molecule has 0 radical (unpaired) electrons. The lowest BCUT2D eigenvalue weighted by Crippen LogP contribution is -2.25. The van der Waals surface area contributed by atoms with Gasteiger partial charge in [0.25, 0.3) is 5.91 Å². The fraction of sp³-hybridized carbons (Fsp3) is 0.333. The summed E-state index contributed by atoms with van der Waals surface area (Å²) in [5.41, 5.74) is 13.4. The molecular weight excluding hydrogens is 388 g/mol. The number of pyridine rings is 1. The topological polar surface area (TPSA) is 97.6 Å². The molecule has 0 bridgehead atoms. The SMILES string of the molecule is C/C=C\C.CCc1[nH]cc(CCNC(=O)c2cnc3[nH]cc(C4=CNNC4)c3c2)c1C. The standard InChI is InChI=1S/C20H24N6O.C4H8/c1-3-18-12(2)13(7-22-18)4-5-21-20(27)14-6-16-17(15-9-25-26-10-15)11-24-19(16)23-8-14;1-3-4-2/h6-9,11,22,25-26H,3-5,10H2,1-2H3,(H,21,27)(H,23,24);3-4H,1-2H3/b;4-3-. The number of allylic oxidation sites excluding steroid dienone is 2. The average Bonchev–Trinajstić information content (AvgIpc) is 3.53. The van der Waals surface area contributed by atoms with Gasteiger partial charge in [0, 0.05) is 54.5 Å². The van der Waals surface area contributed by atoms with Crippen LogP contribution in [0.2, 0.25) is 0 Å². The molecule has 164 valence electrons. The van der Waals surface area contributed by atoms with Crippen molar-refractivity contribution in [1.82, 2.24) is 31.1 Å². The van der Waals surface area contributed by atoms with Gasteiger partial charge in [-0.2, -0.15) is 0 Å². The van der Waals surface area contributed by atoms with E-state index in [4.69, 9.17) is 0 Å². The molecule has 4 heterocycles. The molecule has 0 unspecified atom stereocenters. The summed E-state index contributed by atoms with van der Waals surface area (Å²) in [5.74, 6) is -0.0999. The third-order valence-corrected chi connectivity index (χ3v) is 5.49. The first-order valence-electron chi connectivity index (χ1n) is 10.7. The summed E-state index contributed by atoms with van der Waals surface area (Å²) >= 11 is 0. The number of carbonyl (C=O) groups excluding carboxylic acids is 1. The van der Waals surface area contributed by atoms with Crippen LogP contribution in [0.15, 0.2) is 43.0 Å². The maximum atomic E-state index is 12.6. The van der Waals surface area contributed by atoms with Crippen LogP contribution in [0.25, 0.3) is 16.6 Å². The van der Waals surface area contributed by atoms with Crippen LogP contribution in [-0.4, -0.2) is 33.9 Å². The summed E-state index contributed by atoms with van der Waals surface area (Å²) in [6.45, 7) is 9.59. The third-order valence-electron chi connectivity index (χ3n) is 5.49. The first kappa shape index (κ1) is 22.4. The second-order valence-corrected chi connectivity index (χ2v) is 7.43. The van der Waals surface area contributed by atoms with E-state index in [0.717, 1.165) is 41.6 Å². The fourth-order valence-corrected chi connectivity index (χ4v) is 3.53. The highest BCUT2D eigenvalue weighted by Crippen LogP contribution is 2.25. The molecule has 0 aromatic carbocycles. The number of aryl methyl sites for hydroxylation is 1. The molecule has 1 amide bonds. The molecule has 0 saturated carbocycles. The second-order valence-electron chi connectivity index (χ2n) is 7.43. The van der Waals surface area contributed by atoms with E-state index in [-0.39, 0.29) is 5.91 Å². The van der Waals surface area contributed by atoms with Gasteiger partial charge < -0.3 is 20.7 Å². The predicted octanol–water partition coefficient (Wildman–Crippen LogP) is 3.77. The van der Waals surface area contributed by atoms with Crippen LogP contribution in [0.4, 0.5) is 0 Å². The van der Waals surface area contributed by atoms with Crippen molar-refractivity contribution in [2.24, 2.45) is 0 Å². The summed E-state index contributed by atoms with van der Waals surface area (Å²) in [5, 5.41) is 3.96. The molecule has 0 aliphatic carbocycles. The first-order chi connectivity index (χ1) is 15.1. The van der Waals surface area contributed by atoms with Gasteiger partial charge in [-0.05, 0) is 56.4 Å². The number of nitrogens with zero attached hydrogens (tertiary/aromatic N) is 1. The summed E-state index contributed by atoms with van der Waals surface area (Å²) < 4.78 is 0. The predicted molar refractivity (Wildman–Crippen MR) is 127 cm³/mol. The summed E-state index contributed by atoms with van der Waals surface area (Å²) in [6.07, 6.45) is 13.3. The van der Waals surface area contributed by atoms with Gasteiger partial charge in [0.2, 0.25) is 0 Å². The van der Waals surface area contributed by atoms with Crippen molar-refractivity contribution in [2.45, 2.75) is 40.5 Å². The molecular formula is C24H32N6O. The number of aromatic amines is 2. The molecule has 3 aromatic heterocycles. The largest absolute Gasteiger partial charge is 0.364 e. The summed E-state index contributed by atoms with van der Waals surface area (Å²) in [7, 11) is 0. The molecule has 7 nitrogen and oxygen atoms in total. The number of hydrazine groups is 1. The number of hydrogen-bond acceptors (Lipinski definition) is 4. The van der Waals surface area contributed by atoms with Crippen LogP contribution >= 0.6 is 0 Å². The van der Waals surface area contributed by atoms with Crippen LogP contribution < -0.4 is 16.2 Å². The van der Waals surface area contributed by atoms with Crippen molar-refractivity contribution in [1.29, 1.82) is 0 Å². The minimum Gasteiger partial charge on any atom is -0.364 e. The van der Waals surface area contributed by atoms with E-state index < -0.39 is 0 Å². The normalized spacial score (nSPS) is 13.1. The Morgan fingerprint density at radius 2 is 2.03 bits per heavy atom. The highest BCUT2D eigenvalue weighted by Gasteiger charge is 2.15. The smallest absolute Gasteiger partial charge is 0.252 e. The van der Waals surface area contributed by atoms with Crippen LogP contribution in [-0.2, 0) is 12.8 Å². The molecule has 31 heavy (non-hydrogen) atoms. The highest BCUT2D eigenvalue weighted by molar-refractivity contribution is 5.99. The minimum absolute atomic E-state index is 0.0999. The van der Waals surface area contributed by atoms with Gasteiger partial charge in [0.1, 0.15) is 5.65 Å². The Kier molecular flexibility index (Phi) is 7.67. The molecule has 0 spiro atoms. The van der Waals surface area contributed by atoms with Crippen LogP contribution in [0.3, 0.4) is 0 Å². The zero-order chi connectivity index (χ0) is 22.2. The van der Waals surface area contributed by atoms with E-state index in [2.05, 4.69) is 45.0 Å². The Morgan fingerprint density at radius 1 is 1.23 bits per heavy atom. The van der Waals surface area contributed by atoms with Gasteiger partial charge in [-0.25, -0.2) is 10.4 Å². The fourth-order valence-electron chi connectivity index (χ4n) is 3.53. The Morgan fingerprint density at radius 3 is 2.68 bits per heavy atom. The Bertz CT molecular complexity index is 1080. The van der Waals surface area contributed by atoms with Gasteiger partial charge in [-0.15, -0.1) is 0 Å². The Hall–Kier alpha value is -3.32. The van der Waals surface area contributed by atoms with Gasteiger partial charge in [0.05, 0.1) is 5.56 Å². The van der Waals surface area contributed by atoms with Crippen LogP contribution in [0, 0.1) is 6.92 Å². The van der Waals surface area contributed by atoms with Crippen molar-refractivity contribution in [3.05, 3.63) is 71.0 Å². The summed E-state index contributed by atoms with van der Waals surface area (Å²) in [6, 6.07) is 1.90. The monoisotopic (exact) mass is 420 g/mol. The van der Waals surface area contributed by atoms with Crippen LogP contribution in [0.5, 0.6) is 0 Å². The number of hydrogen-bond donors (Lipinski definition) is 5. The van der Waals surface area contributed by atoms with Gasteiger partial charge in [0.15, 0.2) is 0 Å². The van der Waals surface area contributed by atoms with Crippen LogP contribution in [0.1, 0.15) is 53.5 Å². The zero-order valence-electron chi connectivity index (χ0n) is 18.7. The third kappa shape index (κ3) is 5.24. The lowest BCUT2D eigenvalue weighted by atomic mass is 10.1. The van der Waals surface area contributed by atoms with E-state index in [1.54, 1.807) is 6.20 Å². The number of rotatable bonds is 6. The number of fused-ring (bicyclic) bond motifs is 1. The van der Waals surface area contributed by atoms with E-state index in [1.807, 2.05) is 50.7 Å². The number of carbonyl (C=O) groups is 1. The molecule has 7 heteroatoms. The Balaban J connectivity index is 0.000000628. The van der Waals surface area contributed by atoms with Crippen molar-refractivity contribution >= 4 is 22.5 Å². The molecule has 1 aliphatic heterocycles. The number of H-pyrrole nitrogens is 2. The molecule has 4 rings (SSSR count). The number of aromatic nitrogens is 3. The number of nitrogens with one attached hydrogen (secondary N) is 5. The molecule has 0 fully saturated rings. The first-order valence-corrected chi connectivity index (χ1v) is 10.7. The maximum absolute atomic E-state index is 12.6. The van der Waals surface area contributed by atoms with E-state index in [9.17, 15) is 4.79 Å². The van der Waals surface area contributed by atoms with E-state index in [1.165, 1.54) is 16.8 Å². The van der Waals surface area contributed by atoms with Crippen molar-refractivity contribution in [3.8, 4) is 0 Å². The van der Waals surface area contributed by atoms with Crippen molar-refractivity contribution in [2.75, 3.05) is 13.1 Å². The average molecular weight is 421 g/mol. The van der Waals surface area contributed by atoms with Gasteiger partial charge in [-0.1, -0.05) is 19.1 Å². The molecule has 5 N–H and O–H groups in total.